The van der Waals surface area contributed by atoms with Crippen molar-refractivity contribution in [3.63, 3.8) is 0 Å². The molecule has 0 aromatic heterocycles. The lowest BCUT2D eigenvalue weighted by molar-refractivity contribution is 0.215. The standard InChI is InChI=1S/C12H26N2/c1-4-11(3)14(5-2)9-8-13-10-12-6-7-12/h11-13H,4-10H2,1-3H3. The van der Waals surface area contributed by atoms with Crippen molar-refractivity contribution in [2.24, 2.45) is 5.92 Å². The second kappa shape index (κ2) is 6.41. The van der Waals surface area contributed by atoms with E-state index >= 15 is 0 Å². The van der Waals surface area contributed by atoms with Crippen LogP contribution in [0.3, 0.4) is 0 Å². The van der Waals surface area contributed by atoms with Crippen LogP contribution in [0.15, 0.2) is 0 Å². The maximum atomic E-state index is 3.55. The van der Waals surface area contributed by atoms with E-state index in [1.54, 1.807) is 0 Å². The van der Waals surface area contributed by atoms with Gasteiger partial charge in [-0.15, -0.1) is 0 Å². The normalized spacial score (nSPS) is 18.9. The summed E-state index contributed by atoms with van der Waals surface area (Å²) in [5, 5.41) is 3.55. The molecule has 2 nitrogen and oxygen atoms in total. The van der Waals surface area contributed by atoms with Crippen molar-refractivity contribution in [2.45, 2.75) is 46.1 Å². The lowest BCUT2D eigenvalue weighted by Gasteiger charge is -2.26. The molecule has 0 aromatic carbocycles. The molecular weight excluding hydrogens is 172 g/mol. The zero-order valence-corrected chi connectivity index (χ0v) is 10.1. The maximum absolute atomic E-state index is 3.55. The number of nitrogens with one attached hydrogen (secondary N) is 1. The molecule has 0 aliphatic heterocycles. The molecule has 0 saturated heterocycles. The van der Waals surface area contributed by atoms with E-state index in [0.717, 1.165) is 18.5 Å². The van der Waals surface area contributed by atoms with Crippen LogP contribution in [0.2, 0.25) is 0 Å². The minimum absolute atomic E-state index is 0.739. The van der Waals surface area contributed by atoms with E-state index in [0.29, 0.717) is 0 Å². The van der Waals surface area contributed by atoms with Gasteiger partial charge in [-0.2, -0.15) is 0 Å². The van der Waals surface area contributed by atoms with E-state index in [4.69, 9.17) is 0 Å². The SMILES string of the molecule is CCC(C)N(CC)CCNCC1CC1. The highest BCUT2D eigenvalue weighted by atomic mass is 15.2. The summed E-state index contributed by atoms with van der Waals surface area (Å²) in [6.45, 7) is 11.6. The molecule has 14 heavy (non-hydrogen) atoms. The molecule has 1 unspecified atom stereocenters. The van der Waals surface area contributed by atoms with Crippen LogP contribution < -0.4 is 5.32 Å². The average molecular weight is 198 g/mol. The molecule has 1 rings (SSSR count). The lowest BCUT2D eigenvalue weighted by Crippen LogP contribution is -2.38. The summed E-state index contributed by atoms with van der Waals surface area (Å²) in [4.78, 5) is 2.56. The van der Waals surface area contributed by atoms with Crippen molar-refractivity contribution in [3.8, 4) is 0 Å². The smallest absolute Gasteiger partial charge is 0.0110 e. The fourth-order valence-electron chi connectivity index (χ4n) is 1.80. The van der Waals surface area contributed by atoms with Crippen LogP contribution in [-0.4, -0.2) is 37.1 Å². The first-order chi connectivity index (χ1) is 6.77. The zero-order chi connectivity index (χ0) is 10.4. The predicted molar refractivity (Wildman–Crippen MR) is 62.6 cm³/mol. The minimum atomic E-state index is 0.739. The number of rotatable bonds is 8. The van der Waals surface area contributed by atoms with Crippen LogP contribution in [0.25, 0.3) is 0 Å². The Kier molecular flexibility index (Phi) is 5.49. The third kappa shape index (κ3) is 4.43. The summed E-state index contributed by atoms with van der Waals surface area (Å²) < 4.78 is 0. The minimum Gasteiger partial charge on any atom is -0.315 e. The first-order valence-corrected chi connectivity index (χ1v) is 6.22. The van der Waals surface area contributed by atoms with Gasteiger partial charge in [-0.25, -0.2) is 0 Å². The van der Waals surface area contributed by atoms with Gasteiger partial charge in [-0.1, -0.05) is 13.8 Å². The molecule has 1 saturated carbocycles. The molecule has 0 bridgehead atoms. The van der Waals surface area contributed by atoms with Gasteiger partial charge < -0.3 is 5.32 Å². The Morgan fingerprint density at radius 2 is 2.07 bits per heavy atom. The van der Waals surface area contributed by atoms with Gasteiger partial charge in [0.1, 0.15) is 0 Å². The van der Waals surface area contributed by atoms with Gasteiger partial charge in [0, 0.05) is 19.1 Å². The summed E-state index contributed by atoms with van der Waals surface area (Å²) >= 11 is 0. The Balaban J connectivity index is 2.00. The summed E-state index contributed by atoms with van der Waals surface area (Å²) in [7, 11) is 0. The molecule has 1 fully saturated rings. The first kappa shape index (κ1) is 12.0. The monoisotopic (exact) mass is 198 g/mol. The van der Waals surface area contributed by atoms with Crippen LogP contribution in [0.5, 0.6) is 0 Å². The van der Waals surface area contributed by atoms with Crippen molar-refractivity contribution in [2.75, 3.05) is 26.2 Å². The molecule has 1 aliphatic rings. The number of nitrogens with zero attached hydrogens (tertiary/aromatic N) is 1. The highest BCUT2D eigenvalue weighted by Gasteiger charge is 2.20. The summed E-state index contributed by atoms with van der Waals surface area (Å²) in [5.41, 5.74) is 0. The van der Waals surface area contributed by atoms with Crippen LogP contribution in [-0.2, 0) is 0 Å². The van der Waals surface area contributed by atoms with Gasteiger partial charge in [-0.3, -0.25) is 4.90 Å². The van der Waals surface area contributed by atoms with Crippen LogP contribution in [0.1, 0.15) is 40.0 Å². The van der Waals surface area contributed by atoms with Crippen molar-refractivity contribution in [1.29, 1.82) is 0 Å². The summed E-state index contributed by atoms with van der Waals surface area (Å²) in [6.07, 6.45) is 4.17. The number of hydrogen-bond donors (Lipinski definition) is 1. The van der Waals surface area contributed by atoms with Gasteiger partial charge in [0.05, 0.1) is 0 Å². The third-order valence-corrected chi connectivity index (χ3v) is 3.33. The van der Waals surface area contributed by atoms with E-state index in [1.807, 2.05) is 0 Å². The molecule has 0 amide bonds. The highest BCUT2D eigenvalue weighted by Crippen LogP contribution is 2.27. The lowest BCUT2D eigenvalue weighted by atomic mass is 10.2. The Labute approximate surface area is 89.1 Å². The molecule has 0 spiro atoms. The molecule has 0 heterocycles. The molecule has 2 heteroatoms. The summed E-state index contributed by atoms with van der Waals surface area (Å²) in [5.74, 6) is 1.01. The van der Waals surface area contributed by atoms with E-state index in [-0.39, 0.29) is 0 Å². The van der Waals surface area contributed by atoms with Gasteiger partial charge in [0.25, 0.3) is 0 Å². The molecule has 84 valence electrons. The van der Waals surface area contributed by atoms with E-state index in [9.17, 15) is 0 Å². The number of likely N-dealkylation sites (N-methyl/N-ethyl adjacent to an activating group) is 1. The van der Waals surface area contributed by atoms with Crippen molar-refractivity contribution >= 4 is 0 Å². The zero-order valence-electron chi connectivity index (χ0n) is 10.1. The molecule has 1 atom stereocenters. The highest BCUT2D eigenvalue weighted by molar-refractivity contribution is 4.75. The van der Waals surface area contributed by atoms with E-state index < -0.39 is 0 Å². The Hall–Kier alpha value is -0.0800. The Morgan fingerprint density at radius 1 is 1.36 bits per heavy atom. The molecule has 1 aliphatic carbocycles. The third-order valence-electron chi connectivity index (χ3n) is 3.33. The Bertz CT molecular complexity index is 143. The number of hydrogen-bond acceptors (Lipinski definition) is 2. The summed E-state index contributed by atoms with van der Waals surface area (Å²) in [6, 6.07) is 0.739. The second-order valence-corrected chi connectivity index (χ2v) is 4.53. The Morgan fingerprint density at radius 3 is 2.57 bits per heavy atom. The quantitative estimate of drug-likeness (QED) is 0.601. The molecule has 0 aromatic rings. The molecule has 1 N–H and O–H groups in total. The topological polar surface area (TPSA) is 15.3 Å². The van der Waals surface area contributed by atoms with Crippen molar-refractivity contribution in [1.82, 2.24) is 10.2 Å². The van der Waals surface area contributed by atoms with Crippen LogP contribution in [0.4, 0.5) is 0 Å². The van der Waals surface area contributed by atoms with E-state index in [1.165, 1.54) is 38.9 Å². The van der Waals surface area contributed by atoms with Gasteiger partial charge in [-0.05, 0) is 45.2 Å². The van der Waals surface area contributed by atoms with E-state index in [2.05, 4.69) is 31.0 Å². The van der Waals surface area contributed by atoms with Gasteiger partial charge >= 0.3 is 0 Å². The predicted octanol–water partition coefficient (Wildman–Crippen LogP) is 2.11. The van der Waals surface area contributed by atoms with Gasteiger partial charge in [0.2, 0.25) is 0 Å². The maximum Gasteiger partial charge on any atom is 0.0110 e. The molecular formula is C12H26N2. The fraction of sp³-hybridized carbons (Fsp3) is 1.00. The van der Waals surface area contributed by atoms with Crippen molar-refractivity contribution in [3.05, 3.63) is 0 Å². The largest absolute Gasteiger partial charge is 0.315 e. The fourth-order valence-corrected chi connectivity index (χ4v) is 1.80. The average Bonchev–Trinajstić information content (AvgIpc) is 3.01. The van der Waals surface area contributed by atoms with Gasteiger partial charge in [0.15, 0.2) is 0 Å². The van der Waals surface area contributed by atoms with Crippen LogP contribution in [0, 0.1) is 5.92 Å². The van der Waals surface area contributed by atoms with Crippen molar-refractivity contribution < 1.29 is 0 Å². The van der Waals surface area contributed by atoms with Crippen LogP contribution >= 0.6 is 0 Å². The second-order valence-electron chi connectivity index (χ2n) is 4.53. The first-order valence-electron chi connectivity index (χ1n) is 6.22. The molecule has 0 radical (unpaired) electrons.